The summed E-state index contributed by atoms with van der Waals surface area (Å²) in [6.07, 6.45) is 1.45. The molecule has 1 heterocycles. The summed E-state index contributed by atoms with van der Waals surface area (Å²) >= 11 is 13.6. The van der Waals surface area contributed by atoms with E-state index in [0.717, 1.165) is 16.9 Å². The molecular weight excluding hydrogens is 432 g/mol. The summed E-state index contributed by atoms with van der Waals surface area (Å²) in [4.78, 5) is 0. The third kappa shape index (κ3) is 5.32. The minimum atomic E-state index is -0.357. The standard InChI is InChI=1S/C21H20Cl2FN3OS/c1-4-9-27-20(14(3)28-19-8-6-16(22)10-13(19)2)25-26-21(27)29-12-15-5-7-17(24)11-18(15)23/h4-8,10-11,14H,1,9,12H2,2-3H3. The first kappa shape index (κ1) is 21.7. The molecule has 0 radical (unpaired) electrons. The van der Waals surface area contributed by atoms with Gasteiger partial charge in [-0.3, -0.25) is 4.57 Å². The van der Waals surface area contributed by atoms with E-state index >= 15 is 0 Å². The molecule has 1 aromatic heterocycles. The smallest absolute Gasteiger partial charge is 0.191 e. The molecule has 3 rings (SSSR count). The molecule has 152 valence electrons. The summed E-state index contributed by atoms with van der Waals surface area (Å²) in [6, 6.07) is 9.86. The van der Waals surface area contributed by atoms with Gasteiger partial charge in [0.2, 0.25) is 0 Å². The van der Waals surface area contributed by atoms with Crippen LogP contribution < -0.4 is 4.74 Å². The number of hydrogen-bond acceptors (Lipinski definition) is 4. The van der Waals surface area contributed by atoms with Crippen molar-refractivity contribution in [2.24, 2.45) is 0 Å². The first-order chi connectivity index (χ1) is 13.9. The summed E-state index contributed by atoms with van der Waals surface area (Å²) in [5.74, 6) is 1.61. The minimum Gasteiger partial charge on any atom is -0.482 e. The molecule has 0 fully saturated rings. The van der Waals surface area contributed by atoms with Crippen LogP contribution in [0.4, 0.5) is 4.39 Å². The number of rotatable bonds is 8. The quantitative estimate of drug-likeness (QED) is 0.283. The second-order valence-electron chi connectivity index (χ2n) is 6.43. The highest BCUT2D eigenvalue weighted by Crippen LogP contribution is 2.30. The van der Waals surface area contributed by atoms with Gasteiger partial charge in [-0.2, -0.15) is 0 Å². The third-order valence-electron chi connectivity index (χ3n) is 4.23. The van der Waals surface area contributed by atoms with Gasteiger partial charge in [-0.1, -0.05) is 47.1 Å². The Bertz CT molecular complexity index is 1030. The molecule has 0 aliphatic heterocycles. The second-order valence-corrected chi connectivity index (χ2v) is 8.22. The molecule has 0 bridgehead atoms. The SMILES string of the molecule is C=CCn1c(SCc2ccc(F)cc2Cl)nnc1C(C)Oc1ccc(Cl)cc1C. The molecule has 1 unspecified atom stereocenters. The zero-order chi connectivity index (χ0) is 21.0. The average Bonchev–Trinajstić information content (AvgIpc) is 3.06. The van der Waals surface area contributed by atoms with Gasteiger partial charge in [-0.25, -0.2) is 4.39 Å². The molecule has 2 aromatic carbocycles. The number of allylic oxidation sites excluding steroid dienone is 1. The number of nitrogens with zero attached hydrogens (tertiary/aromatic N) is 3. The van der Waals surface area contributed by atoms with Crippen molar-refractivity contribution in [2.75, 3.05) is 0 Å². The Morgan fingerprint density at radius 2 is 2.03 bits per heavy atom. The number of aromatic nitrogens is 3. The molecule has 0 amide bonds. The van der Waals surface area contributed by atoms with Crippen molar-refractivity contribution in [3.63, 3.8) is 0 Å². The zero-order valence-electron chi connectivity index (χ0n) is 16.0. The molecule has 1 atom stereocenters. The van der Waals surface area contributed by atoms with Crippen molar-refractivity contribution < 1.29 is 9.13 Å². The van der Waals surface area contributed by atoms with E-state index in [-0.39, 0.29) is 11.9 Å². The van der Waals surface area contributed by atoms with Gasteiger partial charge >= 0.3 is 0 Å². The topological polar surface area (TPSA) is 39.9 Å². The van der Waals surface area contributed by atoms with E-state index in [4.69, 9.17) is 27.9 Å². The number of aryl methyl sites for hydroxylation is 1. The Balaban J connectivity index is 1.79. The van der Waals surface area contributed by atoms with Gasteiger partial charge in [-0.05, 0) is 55.3 Å². The Labute approximate surface area is 183 Å². The molecule has 0 saturated heterocycles. The first-order valence-corrected chi connectivity index (χ1v) is 10.7. The van der Waals surface area contributed by atoms with Crippen molar-refractivity contribution in [1.29, 1.82) is 0 Å². The second kappa shape index (κ2) is 9.65. The van der Waals surface area contributed by atoms with E-state index in [1.54, 1.807) is 18.2 Å². The fraction of sp³-hybridized carbons (Fsp3) is 0.238. The number of halogens is 3. The average molecular weight is 452 g/mol. The lowest BCUT2D eigenvalue weighted by Crippen LogP contribution is -2.12. The summed E-state index contributed by atoms with van der Waals surface area (Å²) in [6.45, 7) is 8.22. The Kier molecular flexibility index (Phi) is 7.22. The normalized spacial score (nSPS) is 12.0. The van der Waals surface area contributed by atoms with E-state index in [0.29, 0.717) is 33.3 Å². The van der Waals surface area contributed by atoms with Crippen LogP contribution in [0, 0.1) is 12.7 Å². The van der Waals surface area contributed by atoms with Gasteiger partial charge in [0.05, 0.1) is 0 Å². The number of benzene rings is 2. The van der Waals surface area contributed by atoms with Gasteiger partial charge in [0.15, 0.2) is 17.1 Å². The molecule has 8 heteroatoms. The highest BCUT2D eigenvalue weighted by molar-refractivity contribution is 7.98. The molecule has 4 nitrogen and oxygen atoms in total. The summed E-state index contributed by atoms with van der Waals surface area (Å²) in [5, 5.41) is 10.4. The van der Waals surface area contributed by atoms with Crippen LogP contribution in [-0.4, -0.2) is 14.8 Å². The zero-order valence-corrected chi connectivity index (χ0v) is 18.4. The van der Waals surface area contributed by atoms with Crippen molar-refractivity contribution in [2.45, 2.75) is 37.4 Å². The molecular formula is C21H20Cl2FN3OS. The van der Waals surface area contributed by atoms with E-state index in [2.05, 4.69) is 16.8 Å². The summed E-state index contributed by atoms with van der Waals surface area (Å²) in [7, 11) is 0. The van der Waals surface area contributed by atoms with E-state index in [9.17, 15) is 4.39 Å². The molecule has 29 heavy (non-hydrogen) atoms. The summed E-state index contributed by atoms with van der Waals surface area (Å²) in [5.41, 5.74) is 1.77. The molecule has 0 spiro atoms. The molecule has 0 saturated carbocycles. The van der Waals surface area contributed by atoms with E-state index in [1.807, 2.05) is 30.5 Å². The first-order valence-electron chi connectivity index (χ1n) is 8.92. The van der Waals surface area contributed by atoms with Gasteiger partial charge in [0.1, 0.15) is 11.6 Å². The number of hydrogen-bond donors (Lipinski definition) is 0. The highest BCUT2D eigenvalue weighted by atomic mass is 35.5. The fourth-order valence-electron chi connectivity index (χ4n) is 2.78. The Hall–Kier alpha value is -2.02. The largest absolute Gasteiger partial charge is 0.482 e. The lowest BCUT2D eigenvalue weighted by atomic mass is 10.2. The van der Waals surface area contributed by atoms with E-state index in [1.165, 1.54) is 23.9 Å². The van der Waals surface area contributed by atoms with Gasteiger partial charge in [-0.15, -0.1) is 16.8 Å². The van der Waals surface area contributed by atoms with Crippen molar-refractivity contribution >= 4 is 35.0 Å². The van der Waals surface area contributed by atoms with Crippen LogP contribution in [0.15, 0.2) is 54.2 Å². The van der Waals surface area contributed by atoms with Gasteiger partial charge in [0.25, 0.3) is 0 Å². The van der Waals surface area contributed by atoms with Gasteiger partial charge in [0, 0.05) is 22.3 Å². The van der Waals surface area contributed by atoms with Crippen LogP contribution in [0.3, 0.4) is 0 Å². The lowest BCUT2D eigenvalue weighted by molar-refractivity contribution is 0.209. The fourth-order valence-corrected chi connectivity index (χ4v) is 4.28. The van der Waals surface area contributed by atoms with Gasteiger partial charge < -0.3 is 4.74 Å². The van der Waals surface area contributed by atoms with Crippen molar-refractivity contribution in [3.8, 4) is 5.75 Å². The minimum absolute atomic E-state index is 0.328. The Morgan fingerprint density at radius 3 is 2.72 bits per heavy atom. The predicted molar refractivity (Wildman–Crippen MR) is 116 cm³/mol. The molecule has 0 N–H and O–H groups in total. The molecule has 0 aliphatic rings. The Morgan fingerprint density at radius 1 is 1.24 bits per heavy atom. The third-order valence-corrected chi connectivity index (χ3v) is 5.84. The highest BCUT2D eigenvalue weighted by Gasteiger charge is 2.20. The maximum atomic E-state index is 13.2. The van der Waals surface area contributed by atoms with Crippen molar-refractivity contribution in [1.82, 2.24) is 14.8 Å². The van der Waals surface area contributed by atoms with Crippen LogP contribution in [0.2, 0.25) is 10.0 Å². The van der Waals surface area contributed by atoms with Crippen LogP contribution in [-0.2, 0) is 12.3 Å². The number of ether oxygens (including phenoxy) is 1. The van der Waals surface area contributed by atoms with E-state index < -0.39 is 0 Å². The maximum absolute atomic E-state index is 13.2. The predicted octanol–water partition coefficient (Wildman–Crippen LogP) is 6.65. The molecule has 3 aromatic rings. The summed E-state index contributed by atoms with van der Waals surface area (Å²) < 4.78 is 21.3. The lowest BCUT2D eigenvalue weighted by Gasteiger charge is -2.17. The van der Waals surface area contributed by atoms with Crippen LogP contribution in [0.25, 0.3) is 0 Å². The molecule has 0 aliphatic carbocycles. The van der Waals surface area contributed by atoms with Crippen LogP contribution in [0.5, 0.6) is 5.75 Å². The van der Waals surface area contributed by atoms with Crippen molar-refractivity contribution in [3.05, 3.63) is 81.9 Å². The maximum Gasteiger partial charge on any atom is 0.191 e. The van der Waals surface area contributed by atoms with Crippen LogP contribution >= 0.6 is 35.0 Å². The monoisotopic (exact) mass is 451 g/mol. The number of thioether (sulfide) groups is 1. The van der Waals surface area contributed by atoms with Crippen LogP contribution in [0.1, 0.15) is 30.0 Å².